The molecule has 0 radical (unpaired) electrons. The van der Waals surface area contributed by atoms with Gasteiger partial charge in [0.05, 0.1) is 10.7 Å². The first-order valence-corrected chi connectivity index (χ1v) is 6.31. The molecule has 0 spiro atoms. The predicted molar refractivity (Wildman–Crippen MR) is 74.1 cm³/mol. The molecule has 0 fully saturated rings. The molecule has 1 aromatic carbocycles. The van der Waals surface area contributed by atoms with Gasteiger partial charge in [-0.2, -0.15) is 0 Å². The van der Waals surface area contributed by atoms with Gasteiger partial charge in [0.2, 0.25) is 0 Å². The Morgan fingerprint density at radius 1 is 1.37 bits per heavy atom. The van der Waals surface area contributed by atoms with E-state index >= 15 is 0 Å². The third-order valence-electron chi connectivity index (χ3n) is 2.04. The number of amides is 1. The molecule has 4 nitrogen and oxygen atoms in total. The quantitative estimate of drug-likeness (QED) is 0.835. The van der Waals surface area contributed by atoms with E-state index in [2.05, 4.69) is 10.6 Å². The molecule has 0 aliphatic carbocycles. The van der Waals surface area contributed by atoms with Gasteiger partial charge in [-0.15, -0.1) is 0 Å². The molecule has 1 aromatic rings. The van der Waals surface area contributed by atoms with Crippen LogP contribution in [-0.4, -0.2) is 24.8 Å². The summed E-state index contributed by atoms with van der Waals surface area (Å²) in [7, 11) is 0. The van der Waals surface area contributed by atoms with E-state index in [1.54, 1.807) is 26.8 Å². The van der Waals surface area contributed by atoms with Crippen LogP contribution in [0.5, 0.6) is 0 Å². The highest BCUT2D eigenvalue weighted by atomic mass is 35.5. The van der Waals surface area contributed by atoms with Crippen LogP contribution < -0.4 is 10.6 Å². The van der Waals surface area contributed by atoms with Crippen LogP contribution in [0.3, 0.4) is 0 Å². The summed E-state index contributed by atoms with van der Waals surface area (Å²) in [5.74, 6) is -0.387. The van der Waals surface area contributed by atoms with E-state index in [0.29, 0.717) is 23.8 Å². The molecule has 0 atom stereocenters. The maximum Gasteiger partial charge on any atom is 0.407 e. The average Bonchev–Trinajstić information content (AvgIpc) is 2.24. The van der Waals surface area contributed by atoms with Crippen molar-refractivity contribution in [2.24, 2.45) is 0 Å². The van der Waals surface area contributed by atoms with Gasteiger partial charge in [0, 0.05) is 13.1 Å². The molecule has 0 aliphatic heterocycles. The zero-order valence-corrected chi connectivity index (χ0v) is 12.0. The maximum atomic E-state index is 12.8. The van der Waals surface area contributed by atoms with E-state index in [0.717, 1.165) is 0 Å². The molecule has 0 aliphatic rings. The van der Waals surface area contributed by atoms with Crippen molar-refractivity contribution in [2.75, 3.05) is 18.4 Å². The Morgan fingerprint density at radius 2 is 2.05 bits per heavy atom. The van der Waals surface area contributed by atoms with Gasteiger partial charge in [0.25, 0.3) is 0 Å². The van der Waals surface area contributed by atoms with Crippen molar-refractivity contribution in [1.29, 1.82) is 0 Å². The third-order valence-corrected chi connectivity index (χ3v) is 2.35. The number of carbonyl (C=O) groups excluding carboxylic acids is 1. The van der Waals surface area contributed by atoms with E-state index in [1.807, 2.05) is 0 Å². The van der Waals surface area contributed by atoms with Gasteiger partial charge in [-0.25, -0.2) is 9.18 Å². The van der Waals surface area contributed by atoms with Gasteiger partial charge < -0.3 is 15.4 Å². The fraction of sp³-hybridized carbons (Fsp3) is 0.462. The zero-order chi connectivity index (χ0) is 14.5. The number of hydrogen-bond acceptors (Lipinski definition) is 3. The molecule has 0 bridgehead atoms. The van der Waals surface area contributed by atoms with E-state index in [9.17, 15) is 9.18 Å². The lowest BCUT2D eigenvalue weighted by Crippen LogP contribution is -2.35. The Bertz CT molecular complexity index is 447. The minimum absolute atomic E-state index is 0.303. The summed E-state index contributed by atoms with van der Waals surface area (Å²) in [6, 6.07) is 4.09. The van der Waals surface area contributed by atoms with Crippen molar-refractivity contribution in [2.45, 2.75) is 26.4 Å². The Kier molecular flexibility index (Phi) is 5.42. The minimum atomic E-state index is -0.516. The number of nitrogens with one attached hydrogen (secondary N) is 2. The van der Waals surface area contributed by atoms with Crippen molar-refractivity contribution >= 4 is 23.4 Å². The normalized spacial score (nSPS) is 11.0. The molecule has 1 amide bonds. The number of halogens is 2. The lowest BCUT2D eigenvalue weighted by Gasteiger charge is -2.19. The highest BCUT2D eigenvalue weighted by molar-refractivity contribution is 6.33. The van der Waals surface area contributed by atoms with Crippen LogP contribution in [0.25, 0.3) is 0 Å². The first-order chi connectivity index (χ1) is 8.78. The number of anilines is 1. The minimum Gasteiger partial charge on any atom is -0.444 e. The molecule has 6 heteroatoms. The number of rotatable bonds is 4. The lowest BCUT2D eigenvalue weighted by molar-refractivity contribution is 0.0530. The number of alkyl carbamates (subject to hydrolysis) is 1. The molecule has 0 aromatic heterocycles. The van der Waals surface area contributed by atoms with Gasteiger partial charge in [-0.05, 0) is 39.0 Å². The molecule has 1 rings (SSSR count). The van der Waals surface area contributed by atoms with Crippen LogP contribution in [0.15, 0.2) is 18.2 Å². The SMILES string of the molecule is CC(C)(C)OC(=O)NCCNc1ccc(F)cc1Cl. The number of hydrogen-bond donors (Lipinski definition) is 2. The van der Waals surface area contributed by atoms with Crippen LogP contribution in [0.4, 0.5) is 14.9 Å². The van der Waals surface area contributed by atoms with Gasteiger partial charge in [-0.3, -0.25) is 0 Å². The summed E-state index contributed by atoms with van der Waals surface area (Å²) >= 11 is 5.84. The second kappa shape index (κ2) is 6.61. The summed E-state index contributed by atoms with van der Waals surface area (Å²) in [5, 5.41) is 5.89. The molecule has 0 saturated carbocycles. The molecule has 2 N–H and O–H groups in total. The molecule has 0 heterocycles. The standard InChI is InChI=1S/C13H18ClFN2O2/c1-13(2,3)19-12(18)17-7-6-16-11-5-4-9(15)8-10(11)14/h4-5,8,16H,6-7H2,1-3H3,(H,17,18). The van der Waals surface area contributed by atoms with Crippen LogP contribution in [0, 0.1) is 5.82 Å². The third kappa shape index (κ3) is 6.29. The first kappa shape index (κ1) is 15.6. The Hall–Kier alpha value is -1.49. The summed E-state index contributed by atoms with van der Waals surface area (Å²) in [6.45, 7) is 6.22. The highest BCUT2D eigenvalue weighted by Gasteiger charge is 2.15. The van der Waals surface area contributed by atoms with Crippen molar-refractivity contribution in [3.8, 4) is 0 Å². The zero-order valence-electron chi connectivity index (χ0n) is 11.2. The van der Waals surface area contributed by atoms with Gasteiger partial charge >= 0.3 is 6.09 Å². The largest absolute Gasteiger partial charge is 0.444 e. The topological polar surface area (TPSA) is 50.4 Å². The first-order valence-electron chi connectivity index (χ1n) is 5.94. The Balaban J connectivity index is 2.29. The van der Waals surface area contributed by atoms with Gasteiger partial charge in [0.1, 0.15) is 11.4 Å². The second-order valence-corrected chi connectivity index (χ2v) is 5.39. The highest BCUT2D eigenvalue weighted by Crippen LogP contribution is 2.21. The molecular formula is C13H18ClFN2O2. The fourth-order valence-electron chi connectivity index (χ4n) is 1.31. The maximum absolute atomic E-state index is 12.8. The number of benzene rings is 1. The fourth-order valence-corrected chi connectivity index (χ4v) is 1.54. The van der Waals surface area contributed by atoms with Crippen LogP contribution in [0.1, 0.15) is 20.8 Å². The van der Waals surface area contributed by atoms with Crippen molar-refractivity contribution in [3.05, 3.63) is 29.0 Å². The molecule has 0 unspecified atom stereocenters. The molecule has 19 heavy (non-hydrogen) atoms. The molecular weight excluding hydrogens is 271 g/mol. The summed E-state index contributed by atoms with van der Waals surface area (Å²) in [5.41, 5.74) is 0.103. The van der Waals surface area contributed by atoms with Crippen molar-refractivity contribution in [1.82, 2.24) is 5.32 Å². The summed E-state index contributed by atoms with van der Waals surface area (Å²) < 4.78 is 17.9. The summed E-state index contributed by atoms with van der Waals surface area (Å²) in [6.07, 6.45) is -0.473. The Labute approximate surface area is 117 Å². The smallest absolute Gasteiger partial charge is 0.407 e. The summed E-state index contributed by atoms with van der Waals surface area (Å²) in [4.78, 5) is 11.3. The van der Waals surface area contributed by atoms with Crippen LogP contribution >= 0.6 is 11.6 Å². The Morgan fingerprint density at radius 3 is 2.63 bits per heavy atom. The van der Waals surface area contributed by atoms with E-state index in [1.165, 1.54) is 12.1 Å². The number of ether oxygens (including phenoxy) is 1. The van der Waals surface area contributed by atoms with E-state index in [-0.39, 0.29) is 5.82 Å². The lowest BCUT2D eigenvalue weighted by atomic mass is 10.2. The van der Waals surface area contributed by atoms with E-state index in [4.69, 9.17) is 16.3 Å². The second-order valence-electron chi connectivity index (χ2n) is 4.98. The monoisotopic (exact) mass is 288 g/mol. The van der Waals surface area contributed by atoms with Crippen LogP contribution in [-0.2, 0) is 4.74 Å². The van der Waals surface area contributed by atoms with Crippen molar-refractivity contribution in [3.63, 3.8) is 0 Å². The molecule has 106 valence electrons. The average molecular weight is 289 g/mol. The molecule has 0 saturated heterocycles. The number of carbonyl (C=O) groups is 1. The van der Waals surface area contributed by atoms with Gasteiger partial charge in [-0.1, -0.05) is 11.6 Å². The predicted octanol–water partition coefficient (Wildman–Crippen LogP) is 3.42. The van der Waals surface area contributed by atoms with Gasteiger partial charge in [0.15, 0.2) is 0 Å². The van der Waals surface area contributed by atoms with Crippen molar-refractivity contribution < 1.29 is 13.9 Å². The van der Waals surface area contributed by atoms with E-state index < -0.39 is 11.7 Å². The van der Waals surface area contributed by atoms with Crippen LogP contribution in [0.2, 0.25) is 5.02 Å².